The fourth-order valence-corrected chi connectivity index (χ4v) is 5.50. The molecule has 1 saturated heterocycles. The van der Waals surface area contributed by atoms with E-state index in [0.717, 1.165) is 54.8 Å². The van der Waals surface area contributed by atoms with Crippen molar-refractivity contribution in [2.75, 3.05) is 39.3 Å². The number of aliphatic hydroxyl groups is 1. The summed E-state index contributed by atoms with van der Waals surface area (Å²) in [6.45, 7) is 6.57. The van der Waals surface area contributed by atoms with E-state index in [1.54, 1.807) is 15.9 Å². The Morgan fingerprint density at radius 1 is 1.27 bits per heavy atom. The summed E-state index contributed by atoms with van der Waals surface area (Å²) in [7, 11) is 0. The van der Waals surface area contributed by atoms with Gasteiger partial charge in [0.15, 0.2) is 5.82 Å². The highest BCUT2D eigenvalue weighted by atomic mass is 32.1. The van der Waals surface area contributed by atoms with Crippen molar-refractivity contribution in [3.8, 4) is 5.88 Å². The number of aliphatic hydroxyl groups excluding tert-OH is 1. The van der Waals surface area contributed by atoms with Gasteiger partial charge in [-0.25, -0.2) is 4.98 Å². The molecule has 0 radical (unpaired) electrons. The zero-order valence-corrected chi connectivity index (χ0v) is 16.3. The Morgan fingerprint density at radius 3 is 2.69 bits per heavy atom. The number of piperazine rings is 1. The van der Waals surface area contributed by atoms with E-state index >= 15 is 0 Å². The monoisotopic (exact) mass is 393 g/mol. The summed E-state index contributed by atoms with van der Waals surface area (Å²) >= 11 is 3.23. The van der Waals surface area contributed by atoms with E-state index in [1.165, 1.54) is 16.2 Å². The molecule has 2 N–H and O–H groups in total. The first kappa shape index (κ1) is 17.9. The molecule has 4 heterocycles. The molecule has 0 bridgehead atoms. The lowest BCUT2D eigenvalue weighted by atomic mass is 10.1. The van der Waals surface area contributed by atoms with Crippen molar-refractivity contribution in [2.45, 2.75) is 19.4 Å². The van der Waals surface area contributed by atoms with Gasteiger partial charge in [-0.2, -0.15) is 4.52 Å². The Kier molecular flexibility index (Phi) is 5.23. The van der Waals surface area contributed by atoms with E-state index in [1.807, 2.05) is 6.92 Å². The highest BCUT2D eigenvalue weighted by molar-refractivity contribution is 7.17. The molecule has 0 aliphatic carbocycles. The standard InChI is InChI=1S/C17H23N5O2S2/c1-2-13-18-17-22(19-13)16(24)15(26-17)14(12-4-3-11-25-12)21-7-5-20(6-8-21)9-10-23/h3-4,11,14,23-24H,2,5-10H2,1H3/t14-/m0/s1. The maximum absolute atomic E-state index is 10.8. The van der Waals surface area contributed by atoms with Gasteiger partial charge < -0.3 is 10.2 Å². The molecule has 9 heteroatoms. The third kappa shape index (κ3) is 3.25. The number of β-amino-alcohol motifs (C(OH)–C–C–N with tert-alkyl or cyclic N) is 1. The Balaban J connectivity index is 1.67. The molecular weight excluding hydrogens is 370 g/mol. The van der Waals surface area contributed by atoms with Gasteiger partial charge in [0.25, 0.3) is 0 Å². The number of thiazole rings is 1. The molecule has 7 nitrogen and oxygen atoms in total. The number of aromatic nitrogens is 3. The smallest absolute Gasteiger partial charge is 0.230 e. The average Bonchev–Trinajstić information content (AvgIpc) is 3.37. The zero-order valence-electron chi connectivity index (χ0n) is 14.7. The summed E-state index contributed by atoms with van der Waals surface area (Å²) in [5, 5.41) is 26.5. The predicted octanol–water partition coefficient (Wildman–Crippen LogP) is 1.82. The van der Waals surface area contributed by atoms with Crippen molar-refractivity contribution in [3.05, 3.63) is 33.1 Å². The van der Waals surface area contributed by atoms with Crippen molar-refractivity contribution in [3.63, 3.8) is 0 Å². The Morgan fingerprint density at radius 2 is 2.08 bits per heavy atom. The lowest BCUT2D eigenvalue weighted by Gasteiger charge is -2.38. The Hall–Kier alpha value is -1.52. The molecule has 0 unspecified atom stereocenters. The molecule has 3 aromatic rings. The van der Waals surface area contributed by atoms with E-state index in [2.05, 4.69) is 37.4 Å². The van der Waals surface area contributed by atoms with E-state index in [-0.39, 0.29) is 18.5 Å². The first-order valence-electron chi connectivity index (χ1n) is 8.89. The minimum Gasteiger partial charge on any atom is -0.492 e. The minimum absolute atomic E-state index is 0.0184. The summed E-state index contributed by atoms with van der Waals surface area (Å²) in [6, 6.07) is 4.20. The van der Waals surface area contributed by atoms with Crippen LogP contribution in [-0.4, -0.2) is 73.9 Å². The van der Waals surface area contributed by atoms with Gasteiger partial charge in [0, 0.05) is 44.0 Å². The molecule has 3 aromatic heterocycles. The summed E-state index contributed by atoms with van der Waals surface area (Å²) in [5.74, 6) is 0.955. The van der Waals surface area contributed by atoms with Crippen LogP contribution in [0.25, 0.3) is 4.96 Å². The SMILES string of the molecule is CCc1nc2sc([C@H](c3cccs3)N3CCN(CCO)CC3)c(O)n2n1. The van der Waals surface area contributed by atoms with Gasteiger partial charge >= 0.3 is 0 Å². The van der Waals surface area contributed by atoms with Gasteiger partial charge in [0.2, 0.25) is 10.8 Å². The van der Waals surface area contributed by atoms with Crippen molar-refractivity contribution >= 4 is 27.6 Å². The van der Waals surface area contributed by atoms with E-state index in [4.69, 9.17) is 5.11 Å². The van der Waals surface area contributed by atoms with Crippen LogP contribution < -0.4 is 0 Å². The molecule has 0 aromatic carbocycles. The van der Waals surface area contributed by atoms with Gasteiger partial charge in [0.1, 0.15) is 0 Å². The summed E-state index contributed by atoms with van der Waals surface area (Å²) in [5.41, 5.74) is 0. The first-order valence-corrected chi connectivity index (χ1v) is 10.6. The quantitative estimate of drug-likeness (QED) is 0.665. The maximum atomic E-state index is 10.8. The number of hydrogen-bond acceptors (Lipinski definition) is 8. The molecule has 140 valence electrons. The molecule has 1 aliphatic rings. The largest absolute Gasteiger partial charge is 0.492 e. The Bertz CT molecular complexity index is 852. The molecule has 0 spiro atoms. The van der Waals surface area contributed by atoms with Crippen LogP contribution in [0, 0.1) is 0 Å². The lowest BCUT2D eigenvalue weighted by molar-refractivity contribution is 0.0954. The number of nitrogens with zero attached hydrogens (tertiary/aromatic N) is 5. The van der Waals surface area contributed by atoms with Crippen molar-refractivity contribution in [1.82, 2.24) is 24.4 Å². The van der Waals surface area contributed by atoms with E-state index in [9.17, 15) is 5.11 Å². The van der Waals surface area contributed by atoms with Crippen molar-refractivity contribution < 1.29 is 10.2 Å². The van der Waals surface area contributed by atoms with Crippen LogP contribution in [0.4, 0.5) is 0 Å². The molecule has 1 fully saturated rings. The molecule has 1 atom stereocenters. The number of fused-ring (bicyclic) bond motifs is 1. The molecule has 0 amide bonds. The second kappa shape index (κ2) is 7.61. The van der Waals surface area contributed by atoms with Gasteiger partial charge in [-0.3, -0.25) is 9.80 Å². The number of hydrogen-bond donors (Lipinski definition) is 2. The highest BCUT2D eigenvalue weighted by Gasteiger charge is 2.32. The second-order valence-electron chi connectivity index (χ2n) is 6.39. The maximum Gasteiger partial charge on any atom is 0.230 e. The number of thiophene rings is 1. The average molecular weight is 394 g/mol. The summed E-state index contributed by atoms with van der Waals surface area (Å²) in [4.78, 5) is 12.1. The van der Waals surface area contributed by atoms with Crippen LogP contribution in [0.5, 0.6) is 5.88 Å². The topological polar surface area (TPSA) is 77.1 Å². The molecule has 0 saturated carbocycles. The van der Waals surface area contributed by atoms with Crippen LogP contribution in [0.1, 0.15) is 28.5 Å². The van der Waals surface area contributed by atoms with E-state index in [0.29, 0.717) is 0 Å². The van der Waals surface area contributed by atoms with Gasteiger partial charge in [-0.15, -0.1) is 16.4 Å². The molecule has 1 aliphatic heterocycles. The normalized spacial score (nSPS) is 17.9. The van der Waals surface area contributed by atoms with Crippen molar-refractivity contribution in [2.24, 2.45) is 0 Å². The van der Waals surface area contributed by atoms with Crippen molar-refractivity contribution in [1.29, 1.82) is 0 Å². The molecule has 26 heavy (non-hydrogen) atoms. The van der Waals surface area contributed by atoms with Gasteiger partial charge in [-0.05, 0) is 11.4 Å². The third-order valence-corrected chi connectivity index (χ3v) is 6.81. The fraction of sp³-hybridized carbons (Fsp3) is 0.529. The van der Waals surface area contributed by atoms with Crippen LogP contribution in [-0.2, 0) is 6.42 Å². The van der Waals surface area contributed by atoms with Crippen LogP contribution in [0.3, 0.4) is 0 Å². The van der Waals surface area contributed by atoms with Crippen LogP contribution >= 0.6 is 22.7 Å². The lowest BCUT2D eigenvalue weighted by Crippen LogP contribution is -2.48. The van der Waals surface area contributed by atoms with E-state index < -0.39 is 0 Å². The predicted molar refractivity (Wildman–Crippen MR) is 103 cm³/mol. The number of rotatable bonds is 6. The van der Waals surface area contributed by atoms with Gasteiger partial charge in [0.05, 0.1) is 17.5 Å². The molecule has 4 rings (SSSR count). The first-order chi connectivity index (χ1) is 12.7. The number of aromatic hydroxyl groups is 1. The Labute approximate surface area is 160 Å². The number of aryl methyl sites for hydroxylation is 1. The van der Waals surface area contributed by atoms with Crippen LogP contribution in [0.2, 0.25) is 0 Å². The molecular formula is C17H23N5O2S2. The summed E-state index contributed by atoms with van der Waals surface area (Å²) in [6.07, 6.45) is 0.754. The fourth-order valence-electron chi connectivity index (χ4n) is 3.43. The highest BCUT2D eigenvalue weighted by Crippen LogP contribution is 2.41. The third-order valence-electron chi connectivity index (χ3n) is 4.81. The minimum atomic E-state index is 0.0184. The zero-order chi connectivity index (χ0) is 18.1. The van der Waals surface area contributed by atoms with Gasteiger partial charge in [-0.1, -0.05) is 24.3 Å². The van der Waals surface area contributed by atoms with Crippen LogP contribution in [0.15, 0.2) is 17.5 Å². The summed E-state index contributed by atoms with van der Waals surface area (Å²) < 4.78 is 1.57. The second-order valence-corrected chi connectivity index (χ2v) is 8.37.